The third kappa shape index (κ3) is 5.70. The number of nitrogens with one attached hydrogen (secondary N) is 3. The van der Waals surface area contributed by atoms with Crippen LogP contribution in [0.15, 0.2) is 71.5 Å². The Morgan fingerprint density at radius 2 is 1.74 bits per heavy atom. The average molecular weight is 536 g/mol. The number of hydrogen-bond acceptors (Lipinski definition) is 4. The van der Waals surface area contributed by atoms with Crippen LogP contribution in [0.4, 0.5) is 33.7 Å². The number of carbonyl (C=O) groups is 1. The number of alkyl halides is 3. The van der Waals surface area contributed by atoms with E-state index in [1.807, 2.05) is 0 Å². The number of carbonyl (C=O) groups excluding carboxylic acids is 1. The molecule has 174 valence electrons. The van der Waals surface area contributed by atoms with E-state index in [1.165, 1.54) is 30.5 Å². The molecule has 4 aromatic rings. The van der Waals surface area contributed by atoms with E-state index in [0.717, 1.165) is 0 Å². The highest BCUT2D eigenvalue weighted by Crippen LogP contribution is 2.30. The third-order valence-corrected chi connectivity index (χ3v) is 4.88. The van der Waals surface area contributed by atoms with Crippen LogP contribution in [0.2, 0.25) is 0 Å². The fourth-order valence-corrected chi connectivity index (χ4v) is 3.15. The number of pyridine rings is 1. The number of halogens is 5. The molecule has 0 spiro atoms. The van der Waals surface area contributed by atoms with Crippen molar-refractivity contribution in [3.63, 3.8) is 0 Å². The maximum absolute atomic E-state index is 13.9. The molecule has 0 aliphatic rings. The van der Waals surface area contributed by atoms with Crippen LogP contribution < -0.4 is 15.4 Å². The average Bonchev–Trinajstić information content (AvgIpc) is 3.28. The van der Waals surface area contributed by atoms with E-state index in [4.69, 9.17) is 4.74 Å². The number of anilines is 2. The molecule has 0 fully saturated rings. The van der Waals surface area contributed by atoms with Gasteiger partial charge in [-0.1, -0.05) is 15.9 Å². The van der Waals surface area contributed by atoms with Crippen molar-refractivity contribution in [1.29, 1.82) is 0 Å². The Labute approximate surface area is 198 Å². The van der Waals surface area contributed by atoms with Crippen LogP contribution in [0.5, 0.6) is 11.5 Å². The molecule has 12 heteroatoms. The SMILES string of the molecule is O=C(Nc1ccc(Oc2ccnc(-c3ncc(C(F)(F)F)[nH]3)c2)cc1)Nc1ccc(Br)cc1F. The highest BCUT2D eigenvalue weighted by molar-refractivity contribution is 9.10. The number of aromatic amines is 1. The zero-order valence-corrected chi connectivity index (χ0v) is 18.5. The Morgan fingerprint density at radius 3 is 2.41 bits per heavy atom. The minimum atomic E-state index is -4.54. The summed E-state index contributed by atoms with van der Waals surface area (Å²) in [6, 6.07) is 12.9. The lowest BCUT2D eigenvalue weighted by Crippen LogP contribution is -2.20. The van der Waals surface area contributed by atoms with E-state index in [-0.39, 0.29) is 17.2 Å². The molecule has 34 heavy (non-hydrogen) atoms. The zero-order valence-electron chi connectivity index (χ0n) is 17.0. The maximum atomic E-state index is 13.9. The fraction of sp³-hybridized carbons (Fsp3) is 0.0455. The molecule has 2 amide bonds. The summed E-state index contributed by atoms with van der Waals surface area (Å²) in [6.07, 6.45) is -2.47. The van der Waals surface area contributed by atoms with Gasteiger partial charge in [0.1, 0.15) is 28.7 Å². The summed E-state index contributed by atoms with van der Waals surface area (Å²) in [5.41, 5.74) is -0.366. The summed E-state index contributed by atoms with van der Waals surface area (Å²) in [4.78, 5) is 22.0. The predicted molar refractivity (Wildman–Crippen MR) is 120 cm³/mol. The number of urea groups is 1. The number of aromatic nitrogens is 3. The van der Waals surface area contributed by atoms with E-state index in [0.29, 0.717) is 27.9 Å². The number of rotatable bonds is 5. The monoisotopic (exact) mass is 535 g/mol. The van der Waals surface area contributed by atoms with E-state index >= 15 is 0 Å². The number of benzene rings is 2. The van der Waals surface area contributed by atoms with Crippen molar-refractivity contribution in [2.75, 3.05) is 10.6 Å². The quantitative estimate of drug-likeness (QED) is 0.244. The number of hydrogen-bond donors (Lipinski definition) is 3. The zero-order chi connectivity index (χ0) is 24.3. The molecule has 2 aromatic carbocycles. The summed E-state index contributed by atoms with van der Waals surface area (Å²) in [5, 5.41) is 4.98. The molecule has 2 aromatic heterocycles. The highest BCUT2D eigenvalue weighted by atomic mass is 79.9. The van der Waals surface area contributed by atoms with Crippen LogP contribution in [-0.2, 0) is 6.18 Å². The second kappa shape index (κ2) is 9.51. The van der Waals surface area contributed by atoms with Crippen LogP contribution in [0.1, 0.15) is 5.69 Å². The van der Waals surface area contributed by atoms with Crippen molar-refractivity contribution in [2.45, 2.75) is 6.18 Å². The first kappa shape index (κ1) is 23.2. The second-order valence-electron chi connectivity index (χ2n) is 6.85. The summed E-state index contributed by atoms with van der Waals surface area (Å²) in [5.74, 6) is 0.0799. The van der Waals surface area contributed by atoms with E-state index < -0.39 is 23.7 Å². The molecule has 0 bridgehead atoms. The normalized spacial score (nSPS) is 11.2. The number of H-pyrrole nitrogens is 1. The largest absolute Gasteiger partial charge is 0.457 e. The fourth-order valence-electron chi connectivity index (χ4n) is 2.82. The Hall–Kier alpha value is -3.93. The molecular formula is C22H14BrF4N5O2. The van der Waals surface area contributed by atoms with E-state index in [9.17, 15) is 22.4 Å². The lowest BCUT2D eigenvalue weighted by atomic mass is 10.3. The summed E-state index contributed by atoms with van der Waals surface area (Å²) in [7, 11) is 0. The molecule has 3 N–H and O–H groups in total. The molecule has 0 aliphatic carbocycles. The van der Waals surface area contributed by atoms with Crippen LogP contribution in [0.3, 0.4) is 0 Å². The standard InChI is InChI=1S/C22H14BrF4N5O2/c23-12-1-6-17(16(24)9-12)31-21(33)30-13-2-4-14(5-3-13)34-15-7-8-28-18(10-15)20-29-11-19(32-20)22(25,26)27/h1-11H,(H,29,32)(H2,30,31,33). The Morgan fingerprint density at radius 1 is 0.971 bits per heavy atom. The first-order chi connectivity index (χ1) is 16.2. The van der Waals surface area contributed by atoms with Crippen LogP contribution in [-0.4, -0.2) is 21.0 Å². The van der Waals surface area contributed by atoms with Crippen molar-refractivity contribution in [3.05, 3.63) is 83.0 Å². The summed E-state index contributed by atoms with van der Waals surface area (Å²) < 4.78 is 58.4. The predicted octanol–water partition coefficient (Wildman–Crippen LogP) is 6.83. The van der Waals surface area contributed by atoms with Gasteiger partial charge in [-0.05, 0) is 48.5 Å². The van der Waals surface area contributed by atoms with Crippen LogP contribution >= 0.6 is 15.9 Å². The van der Waals surface area contributed by atoms with Gasteiger partial charge in [-0.25, -0.2) is 14.2 Å². The van der Waals surface area contributed by atoms with Crippen molar-refractivity contribution in [1.82, 2.24) is 15.0 Å². The molecule has 0 radical (unpaired) electrons. The smallest absolute Gasteiger partial charge is 0.432 e. The van der Waals surface area contributed by atoms with Crippen LogP contribution in [0.25, 0.3) is 11.5 Å². The van der Waals surface area contributed by atoms with Gasteiger partial charge in [-0.15, -0.1) is 0 Å². The molecule has 0 aliphatic heterocycles. The molecule has 2 heterocycles. The number of nitrogens with zero attached hydrogens (tertiary/aromatic N) is 2. The van der Waals surface area contributed by atoms with Gasteiger partial charge in [0.15, 0.2) is 5.82 Å². The van der Waals surface area contributed by atoms with Crippen molar-refractivity contribution in [2.24, 2.45) is 0 Å². The summed E-state index contributed by atoms with van der Waals surface area (Å²) in [6.45, 7) is 0. The third-order valence-electron chi connectivity index (χ3n) is 4.38. The molecule has 0 unspecified atom stereocenters. The minimum absolute atomic E-state index is 0.0213. The maximum Gasteiger partial charge on any atom is 0.432 e. The van der Waals surface area contributed by atoms with E-state index in [2.05, 4.69) is 41.5 Å². The second-order valence-corrected chi connectivity index (χ2v) is 7.77. The number of amides is 2. The summed E-state index contributed by atoms with van der Waals surface area (Å²) >= 11 is 3.14. The Bertz CT molecular complexity index is 1330. The van der Waals surface area contributed by atoms with Gasteiger partial charge in [0.25, 0.3) is 0 Å². The van der Waals surface area contributed by atoms with Gasteiger partial charge < -0.3 is 20.4 Å². The van der Waals surface area contributed by atoms with Gasteiger partial charge in [0.05, 0.1) is 11.9 Å². The number of ether oxygens (including phenoxy) is 1. The number of imidazole rings is 1. The topological polar surface area (TPSA) is 91.9 Å². The molecule has 4 rings (SSSR count). The van der Waals surface area contributed by atoms with Gasteiger partial charge >= 0.3 is 12.2 Å². The first-order valence-corrected chi connectivity index (χ1v) is 10.4. The molecule has 7 nitrogen and oxygen atoms in total. The lowest BCUT2D eigenvalue weighted by molar-refractivity contribution is -0.140. The molecule has 0 saturated carbocycles. The van der Waals surface area contributed by atoms with Crippen molar-refractivity contribution < 1.29 is 27.1 Å². The first-order valence-electron chi connectivity index (χ1n) is 9.57. The molecular weight excluding hydrogens is 522 g/mol. The Balaban J connectivity index is 1.39. The Kier molecular flexibility index (Phi) is 6.50. The highest BCUT2D eigenvalue weighted by Gasteiger charge is 2.33. The molecule has 0 saturated heterocycles. The van der Waals surface area contributed by atoms with Crippen LogP contribution in [0, 0.1) is 5.82 Å². The lowest BCUT2D eigenvalue weighted by Gasteiger charge is -2.10. The van der Waals surface area contributed by atoms with Gasteiger partial charge in [0.2, 0.25) is 0 Å². The molecule has 0 atom stereocenters. The van der Waals surface area contributed by atoms with Crippen molar-refractivity contribution >= 4 is 33.3 Å². The van der Waals surface area contributed by atoms with Gasteiger partial charge in [0, 0.05) is 22.4 Å². The van der Waals surface area contributed by atoms with Gasteiger partial charge in [-0.2, -0.15) is 13.2 Å². The van der Waals surface area contributed by atoms with Gasteiger partial charge in [-0.3, -0.25) is 4.98 Å². The van der Waals surface area contributed by atoms with Crippen molar-refractivity contribution in [3.8, 4) is 23.0 Å². The van der Waals surface area contributed by atoms with E-state index in [1.54, 1.807) is 30.3 Å². The minimum Gasteiger partial charge on any atom is -0.457 e.